The Balaban J connectivity index is 3.79. The van der Waals surface area contributed by atoms with Crippen molar-refractivity contribution in [3.8, 4) is 0 Å². The van der Waals surface area contributed by atoms with Gasteiger partial charge >= 0.3 is 5.97 Å². The van der Waals surface area contributed by atoms with Crippen molar-refractivity contribution in [1.29, 1.82) is 0 Å². The lowest BCUT2D eigenvalue weighted by molar-refractivity contribution is -0.137. The van der Waals surface area contributed by atoms with Gasteiger partial charge in [-0.1, -0.05) is 5.18 Å². The van der Waals surface area contributed by atoms with Gasteiger partial charge in [0, 0.05) is 6.42 Å². The van der Waals surface area contributed by atoms with Gasteiger partial charge in [0.15, 0.2) is 11.8 Å². The number of aliphatic carboxylic acids is 1. The molecule has 0 saturated carbocycles. The van der Waals surface area contributed by atoms with Crippen molar-refractivity contribution >= 4 is 11.8 Å². The molecule has 11 heavy (non-hydrogen) atoms. The lowest BCUT2D eigenvalue weighted by Crippen LogP contribution is -2.15. The number of nitroso groups, excluding NO2 is 1. The van der Waals surface area contributed by atoms with Gasteiger partial charge in [-0.05, 0) is 13.3 Å². The number of carboxylic acid groups (broad SMARTS) is 1. The van der Waals surface area contributed by atoms with Gasteiger partial charge in [0.05, 0.1) is 0 Å². The average Bonchev–Trinajstić information content (AvgIpc) is 1.87. The van der Waals surface area contributed by atoms with Crippen LogP contribution in [0.4, 0.5) is 0 Å². The predicted octanol–water partition coefficient (Wildman–Crippen LogP) is 0.575. The Kier molecular flexibility index (Phi) is 4.02. The van der Waals surface area contributed by atoms with Gasteiger partial charge in [-0.15, -0.1) is 0 Å². The Labute approximate surface area is 63.4 Å². The molecule has 0 amide bonds. The molecule has 0 aliphatic carbocycles. The molecule has 0 aromatic rings. The summed E-state index contributed by atoms with van der Waals surface area (Å²) in [6, 6.07) is -0.994. The maximum atomic E-state index is 10.5. The third kappa shape index (κ3) is 4.19. The molecule has 0 aromatic heterocycles. The van der Waals surface area contributed by atoms with Crippen LogP contribution in [0.3, 0.4) is 0 Å². The van der Waals surface area contributed by atoms with E-state index in [-0.39, 0.29) is 18.6 Å². The van der Waals surface area contributed by atoms with E-state index in [1.807, 2.05) is 0 Å². The first-order chi connectivity index (χ1) is 5.07. The zero-order valence-corrected chi connectivity index (χ0v) is 6.11. The van der Waals surface area contributed by atoms with Gasteiger partial charge in [0.1, 0.15) is 0 Å². The molecule has 0 bridgehead atoms. The first-order valence-corrected chi connectivity index (χ1v) is 3.12. The van der Waals surface area contributed by atoms with E-state index in [2.05, 4.69) is 5.18 Å². The minimum Gasteiger partial charge on any atom is -0.481 e. The van der Waals surface area contributed by atoms with Gasteiger partial charge in [0.2, 0.25) is 0 Å². The summed E-state index contributed by atoms with van der Waals surface area (Å²) < 4.78 is 0. The van der Waals surface area contributed by atoms with Gasteiger partial charge < -0.3 is 5.11 Å². The molecule has 1 unspecified atom stereocenters. The lowest BCUT2D eigenvalue weighted by Gasteiger charge is -2.00. The molecule has 0 fully saturated rings. The van der Waals surface area contributed by atoms with Crippen LogP contribution in [0.5, 0.6) is 0 Å². The fourth-order valence-corrected chi connectivity index (χ4v) is 0.590. The number of ketones is 1. The molecule has 62 valence electrons. The van der Waals surface area contributed by atoms with Crippen molar-refractivity contribution in [3.63, 3.8) is 0 Å². The van der Waals surface area contributed by atoms with E-state index in [9.17, 15) is 14.5 Å². The molecule has 0 rings (SSSR count). The Hall–Kier alpha value is -1.26. The van der Waals surface area contributed by atoms with E-state index in [0.717, 1.165) is 0 Å². The van der Waals surface area contributed by atoms with Crippen molar-refractivity contribution < 1.29 is 14.7 Å². The van der Waals surface area contributed by atoms with Crippen LogP contribution in [-0.2, 0) is 9.59 Å². The highest BCUT2D eigenvalue weighted by molar-refractivity contribution is 5.82. The summed E-state index contributed by atoms with van der Waals surface area (Å²) in [7, 11) is 0. The summed E-state index contributed by atoms with van der Waals surface area (Å²) in [6.07, 6.45) is -0.204. The Bertz CT molecular complexity index is 177. The van der Waals surface area contributed by atoms with Gasteiger partial charge in [-0.25, -0.2) is 0 Å². The van der Waals surface area contributed by atoms with Crippen molar-refractivity contribution in [2.24, 2.45) is 5.18 Å². The van der Waals surface area contributed by atoms with Gasteiger partial charge in [-0.3, -0.25) is 9.59 Å². The van der Waals surface area contributed by atoms with Crippen molar-refractivity contribution in [3.05, 3.63) is 4.91 Å². The summed E-state index contributed by atoms with van der Waals surface area (Å²) in [4.78, 5) is 30.4. The summed E-state index contributed by atoms with van der Waals surface area (Å²) in [5, 5.41) is 10.7. The maximum Gasteiger partial charge on any atom is 0.303 e. The molecule has 5 nitrogen and oxygen atoms in total. The second-order valence-electron chi connectivity index (χ2n) is 2.16. The Morgan fingerprint density at radius 3 is 2.36 bits per heavy atom. The van der Waals surface area contributed by atoms with Crippen molar-refractivity contribution in [2.45, 2.75) is 25.8 Å². The molecule has 0 saturated heterocycles. The second-order valence-corrected chi connectivity index (χ2v) is 2.16. The number of Topliss-reactive ketones (excluding diaryl/α,β-unsaturated/α-hetero) is 1. The highest BCUT2D eigenvalue weighted by atomic mass is 16.4. The standard InChI is InChI=1S/C6H9NO4/c1-4(8)5(7-11)2-3-6(9)10/h5H,2-3H2,1H3,(H,9,10). The topological polar surface area (TPSA) is 83.8 Å². The average molecular weight is 159 g/mol. The number of nitrogens with zero attached hydrogens (tertiary/aromatic N) is 1. The monoisotopic (exact) mass is 159 g/mol. The normalized spacial score (nSPS) is 12.1. The molecule has 0 heterocycles. The fraction of sp³-hybridized carbons (Fsp3) is 0.667. The summed E-state index contributed by atoms with van der Waals surface area (Å²) in [6.45, 7) is 1.22. The third-order valence-electron chi connectivity index (χ3n) is 1.23. The van der Waals surface area contributed by atoms with E-state index in [1.54, 1.807) is 0 Å². The van der Waals surface area contributed by atoms with E-state index in [1.165, 1.54) is 6.92 Å². The number of hydrogen-bond donors (Lipinski definition) is 1. The van der Waals surface area contributed by atoms with Crippen LogP contribution in [0.25, 0.3) is 0 Å². The smallest absolute Gasteiger partial charge is 0.303 e. The third-order valence-corrected chi connectivity index (χ3v) is 1.23. The minimum atomic E-state index is -1.03. The predicted molar refractivity (Wildman–Crippen MR) is 37.1 cm³/mol. The second kappa shape index (κ2) is 4.54. The molecule has 0 aliphatic heterocycles. The van der Waals surface area contributed by atoms with Crippen LogP contribution in [0.15, 0.2) is 5.18 Å². The highest BCUT2D eigenvalue weighted by Gasteiger charge is 2.15. The number of carbonyl (C=O) groups excluding carboxylic acids is 1. The van der Waals surface area contributed by atoms with Crippen LogP contribution in [0, 0.1) is 4.91 Å². The Morgan fingerprint density at radius 2 is 2.09 bits per heavy atom. The van der Waals surface area contributed by atoms with E-state index >= 15 is 0 Å². The molecule has 0 aromatic carbocycles. The highest BCUT2D eigenvalue weighted by Crippen LogP contribution is 2.02. The quantitative estimate of drug-likeness (QED) is 0.594. The Morgan fingerprint density at radius 1 is 1.55 bits per heavy atom. The van der Waals surface area contributed by atoms with Crippen LogP contribution in [-0.4, -0.2) is 22.9 Å². The fourth-order valence-electron chi connectivity index (χ4n) is 0.590. The first kappa shape index (κ1) is 9.74. The van der Waals surface area contributed by atoms with Crippen molar-refractivity contribution in [2.75, 3.05) is 0 Å². The largest absolute Gasteiger partial charge is 0.481 e. The molecule has 1 atom stereocenters. The molecule has 0 spiro atoms. The summed E-state index contributed by atoms with van der Waals surface area (Å²) in [5.74, 6) is -1.42. The van der Waals surface area contributed by atoms with Gasteiger partial charge in [0.25, 0.3) is 0 Å². The zero-order valence-electron chi connectivity index (χ0n) is 6.11. The number of rotatable bonds is 5. The summed E-state index contributed by atoms with van der Waals surface area (Å²) in [5.41, 5.74) is 0. The van der Waals surface area contributed by atoms with Crippen LogP contribution in [0.1, 0.15) is 19.8 Å². The summed E-state index contributed by atoms with van der Waals surface area (Å²) >= 11 is 0. The van der Waals surface area contributed by atoms with E-state index in [4.69, 9.17) is 5.11 Å². The van der Waals surface area contributed by atoms with Crippen molar-refractivity contribution in [1.82, 2.24) is 0 Å². The molecule has 0 aliphatic rings. The van der Waals surface area contributed by atoms with Crippen LogP contribution in [0.2, 0.25) is 0 Å². The van der Waals surface area contributed by atoms with E-state index in [0.29, 0.717) is 0 Å². The molecular formula is C6H9NO4. The number of carbonyl (C=O) groups is 2. The maximum absolute atomic E-state index is 10.5. The van der Waals surface area contributed by atoms with Crippen LogP contribution < -0.4 is 0 Å². The SMILES string of the molecule is CC(=O)C(CCC(=O)O)N=O. The molecule has 1 N–H and O–H groups in total. The minimum absolute atomic E-state index is 0.00579. The first-order valence-electron chi connectivity index (χ1n) is 3.12. The molecular weight excluding hydrogens is 150 g/mol. The lowest BCUT2D eigenvalue weighted by atomic mass is 10.1. The molecule has 0 radical (unpaired) electrons. The van der Waals surface area contributed by atoms with Gasteiger partial charge in [-0.2, -0.15) is 4.91 Å². The van der Waals surface area contributed by atoms with E-state index < -0.39 is 12.0 Å². The van der Waals surface area contributed by atoms with Crippen LogP contribution >= 0.6 is 0 Å². The zero-order chi connectivity index (χ0) is 8.85. The number of hydrogen-bond acceptors (Lipinski definition) is 4. The molecule has 5 heteroatoms. The number of carboxylic acids is 1.